The molecule has 1 atom stereocenters. The molecule has 0 spiro atoms. The number of aromatic nitrogens is 1. The second kappa shape index (κ2) is 5.68. The lowest BCUT2D eigenvalue weighted by Gasteiger charge is -2.23. The molecule has 24 heavy (non-hydrogen) atoms. The number of anilines is 1. The molecule has 1 amide bonds. The molecule has 4 rings (SSSR count). The van der Waals surface area contributed by atoms with Gasteiger partial charge in [0.25, 0.3) is 5.91 Å². The fourth-order valence-electron chi connectivity index (χ4n) is 2.62. The molecule has 0 saturated carbocycles. The van der Waals surface area contributed by atoms with Gasteiger partial charge in [0.15, 0.2) is 11.2 Å². The third kappa shape index (κ3) is 2.63. The number of hydrogen-bond acceptors (Lipinski definition) is 5. The van der Waals surface area contributed by atoms with E-state index in [0.29, 0.717) is 27.3 Å². The molecule has 0 bridgehead atoms. The van der Waals surface area contributed by atoms with Crippen LogP contribution >= 0.6 is 11.3 Å². The molecule has 2 aromatic carbocycles. The standard InChI is InChI=1S/C17H11FN2O3S/c18-10-5-6-12-14(8-10)24-17(19-12)20-15(21)13-7-9-3-1-2-4-11(9)16(22)23-13/h1-6,8,13H,7H2,(H,19,20,21)/t13-/m0/s1. The van der Waals surface area contributed by atoms with Crippen molar-refractivity contribution >= 4 is 38.6 Å². The molecule has 7 heteroatoms. The first kappa shape index (κ1) is 14.8. The molecular weight excluding hydrogens is 331 g/mol. The third-order valence-electron chi connectivity index (χ3n) is 3.76. The molecule has 2 heterocycles. The van der Waals surface area contributed by atoms with E-state index in [1.807, 2.05) is 6.07 Å². The van der Waals surface area contributed by atoms with Gasteiger partial charge in [-0.05, 0) is 29.8 Å². The Morgan fingerprint density at radius 2 is 2.12 bits per heavy atom. The molecule has 0 aliphatic carbocycles. The fraction of sp³-hybridized carbons (Fsp3) is 0.118. The van der Waals surface area contributed by atoms with Gasteiger partial charge in [-0.2, -0.15) is 0 Å². The predicted octanol–water partition coefficient (Wildman–Crippen LogP) is 3.16. The highest BCUT2D eigenvalue weighted by atomic mass is 32.1. The van der Waals surface area contributed by atoms with Crippen molar-refractivity contribution in [1.29, 1.82) is 0 Å². The molecule has 1 aliphatic rings. The zero-order valence-electron chi connectivity index (χ0n) is 12.3. The smallest absolute Gasteiger partial charge is 0.339 e. The summed E-state index contributed by atoms with van der Waals surface area (Å²) in [6, 6.07) is 11.3. The SMILES string of the molecule is O=C1O[C@H](C(=O)Nc2nc3ccc(F)cc3s2)Cc2ccccc21. The van der Waals surface area contributed by atoms with E-state index in [2.05, 4.69) is 10.3 Å². The number of amides is 1. The monoisotopic (exact) mass is 342 g/mol. The molecule has 1 aromatic heterocycles. The highest BCUT2D eigenvalue weighted by Crippen LogP contribution is 2.27. The minimum absolute atomic E-state index is 0.313. The summed E-state index contributed by atoms with van der Waals surface area (Å²) in [6.45, 7) is 0. The second-order valence-electron chi connectivity index (χ2n) is 5.38. The number of halogens is 1. The van der Waals surface area contributed by atoms with Crippen molar-refractivity contribution in [3.63, 3.8) is 0 Å². The summed E-state index contributed by atoms with van der Waals surface area (Å²) in [7, 11) is 0. The largest absolute Gasteiger partial charge is 0.448 e. The Morgan fingerprint density at radius 3 is 3.00 bits per heavy atom. The molecular formula is C17H11FN2O3S. The van der Waals surface area contributed by atoms with E-state index in [9.17, 15) is 14.0 Å². The number of cyclic esters (lactones) is 1. The predicted molar refractivity (Wildman–Crippen MR) is 87.6 cm³/mol. The van der Waals surface area contributed by atoms with Gasteiger partial charge >= 0.3 is 5.97 Å². The molecule has 0 saturated heterocycles. The van der Waals surface area contributed by atoms with E-state index in [-0.39, 0.29) is 5.82 Å². The van der Waals surface area contributed by atoms with Gasteiger partial charge in [0, 0.05) is 6.42 Å². The van der Waals surface area contributed by atoms with E-state index >= 15 is 0 Å². The number of fused-ring (bicyclic) bond motifs is 2. The summed E-state index contributed by atoms with van der Waals surface area (Å²) in [6.07, 6.45) is -0.594. The van der Waals surface area contributed by atoms with Gasteiger partial charge in [-0.3, -0.25) is 10.1 Å². The first-order chi connectivity index (χ1) is 11.6. The second-order valence-corrected chi connectivity index (χ2v) is 6.41. The quantitative estimate of drug-likeness (QED) is 0.727. The molecule has 1 N–H and O–H groups in total. The Kier molecular flexibility index (Phi) is 3.50. The van der Waals surface area contributed by atoms with Crippen LogP contribution in [0, 0.1) is 5.82 Å². The van der Waals surface area contributed by atoms with Crippen molar-refractivity contribution in [2.45, 2.75) is 12.5 Å². The van der Waals surface area contributed by atoms with Crippen molar-refractivity contribution in [3.05, 3.63) is 59.4 Å². The Morgan fingerprint density at radius 1 is 1.29 bits per heavy atom. The van der Waals surface area contributed by atoms with Gasteiger partial charge in [0.2, 0.25) is 0 Å². The lowest BCUT2D eigenvalue weighted by molar-refractivity contribution is -0.125. The fourth-order valence-corrected chi connectivity index (χ4v) is 3.51. The van der Waals surface area contributed by atoms with E-state index in [0.717, 1.165) is 5.56 Å². The third-order valence-corrected chi connectivity index (χ3v) is 4.70. The highest BCUT2D eigenvalue weighted by molar-refractivity contribution is 7.22. The molecule has 5 nitrogen and oxygen atoms in total. The number of thiazole rings is 1. The number of esters is 1. The van der Waals surface area contributed by atoms with Crippen molar-refractivity contribution in [2.75, 3.05) is 5.32 Å². The van der Waals surface area contributed by atoms with Crippen LogP contribution in [0.15, 0.2) is 42.5 Å². The number of carbonyl (C=O) groups is 2. The maximum Gasteiger partial charge on any atom is 0.339 e. The van der Waals surface area contributed by atoms with Crippen molar-refractivity contribution in [2.24, 2.45) is 0 Å². The zero-order chi connectivity index (χ0) is 16.7. The molecule has 120 valence electrons. The lowest BCUT2D eigenvalue weighted by atomic mass is 9.98. The Labute approximate surface area is 140 Å². The number of benzene rings is 2. The van der Waals surface area contributed by atoms with Crippen LogP contribution in [0.5, 0.6) is 0 Å². The van der Waals surface area contributed by atoms with Gasteiger partial charge in [-0.15, -0.1) is 0 Å². The van der Waals surface area contributed by atoms with Crippen LogP contribution in [0.3, 0.4) is 0 Å². The van der Waals surface area contributed by atoms with E-state index in [4.69, 9.17) is 4.74 Å². The summed E-state index contributed by atoms with van der Waals surface area (Å²) in [4.78, 5) is 28.6. The Bertz CT molecular complexity index is 969. The Balaban J connectivity index is 1.55. The molecule has 1 aliphatic heterocycles. The summed E-state index contributed by atoms with van der Waals surface area (Å²) < 4.78 is 19.1. The first-order valence-electron chi connectivity index (χ1n) is 7.26. The minimum atomic E-state index is -0.906. The van der Waals surface area contributed by atoms with Crippen molar-refractivity contribution < 1.29 is 18.7 Å². The van der Waals surface area contributed by atoms with E-state index in [1.165, 1.54) is 23.5 Å². The number of hydrogen-bond donors (Lipinski definition) is 1. The summed E-state index contributed by atoms with van der Waals surface area (Å²) in [5.74, 6) is -1.32. The van der Waals surface area contributed by atoms with Crippen LogP contribution < -0.4 is 5.32 Å². The van der Waals surface area contributed by atoms with Gasteiger partial charge in [0.05, 0.1) is 15.8 Å². The first-order valence-corrected chi connectivity index (χ1v) is 8.07. The topological polar surface area (TPSA) is 68.3 Å². The van der Waals surface area contributed by atoms with Crippen LogP contribution in [0.2, 0.25) is 0 Å². The normalized spacial score (nSPS) is 16.5. The number of nitrogens with one attached hydrogen (secondary N) is 1. The zero-order valence-corrected chi connectivity index (χ0v) is 13.1. The van der Waals surface area contributed by atoms with Crippen LogP contribution in [0.4, 0.5) is 9.52 Å². The average Bonchev–Trinajstić information content (AvgIpc) is 2.96. The van der Waals surface area contributed by atoms with Crippen LogP contribution in [-0.2, 0) is 16.0 Å². The van der Waals surface area contributed by atoms with Gasteiger partial charge < -0.3 is 4.74 Å². The summed E-state index contributed by atoms with van der Waals surface area (Å²) >= 11 is 1.17. The molecule has 0 radical (unpaired) electrons. The van der Waals surface area contributed by atoms with Gasteiger partial charge in [-0.1, -0.05) is 29.5 Å². The molecule has 0 unspecified atom stereocenters. The van der Waals surface area contributed by atoms with Crippen molar-refractivity contribution in [3.8, 4) is 0 Å². The number of ether oxygens (including phenoxy) is 1. The van der Waals surface area contributed by atoms with E-state index in [1.54, 1.807) is 24.3 Å². The van der Waals surface area contributed by atoms with Crippen LogP contribution in [0.1, 0.15) is 15.9 Å². The van der Waals surface area contributed by atoms with Crippen LogP contribution in [0.25, 0.3) is 10.2 Å². The maximum absolute atomic E-state index is 13.2. The average molecular weight is 342 g/mol. The summed E-state index contributed by atoms with van der Waals surface area (Å²) in [5, 5.41) is 2.98. The van der Waals surface area contributed by atoms with E-state index < -0.39 is 18.0 Å². The Hall–Kier alpha value is -2.80. The van der Waals surface area contributed by atoms with Crippen LogP contribution in [-0.4, -0.2) is 23.0 Å². The summed E-state index contributed by atoms with van der Waals surface area (Å²) in [5.41, 5.74) is 1.86. The van der Waals surface area contributed by atoms with Gasteiger partial charge in [0.1, 0.15) is 5.82 Å². The number of nitrogens with zero attached hydrogens (tertiary/aromatic N) is 1. The van der Waals surface area contributed by atoms with Gasteiger partial charge in [-0.25, -0.2) is 14.2 Å². The number of rotatable bonds is 2. The highest BCUT2D eigenvalue weighted by Gasteiger charge is 2.31. The maximum atomic E-state index is 13.2. The lowest BCUT2D eigenvalue weighted by Crippen LogP contribution is -2.37. The molecule has 0 fully saturated rings. The molecule has 3 aromatic rings. The number of carbonyl (C=O) groups excluding carboxylic acids is 2. The van der Waals surface area contributed by atoms with Crippen molar-refractivity contribution in [1.82, 2.24) is 4.98 Å². The minimum Gasteiger partial charge on any atom is -0.448 e.